The first-order valence-electron chi connectivity index (χ1n) is 4.70. The summed E-state index contributed by atoms with van der Waals surface area (Å²) < 4.78 is 5.30. The van der Waals surface area contributed by atoms with Crippen LogP contribution in [0.15, 0.2) is 11.6 Å². The van der Waals surface area contributed by atoms with Gasteiger partial charge >= 0.3 is 0 Å². The maximum absolute atomic E-state index is 9.20. The van der Waals surface area contributed by atoms with E-state index in [4.69, 9.17) is 4.74 Å². The van der Waals surface area contributed by atoms with Gasteiger partial charge in [0.15, 0.2) is 0 Å². The van der Waals surface area contributed by atoms with Crippen molar-refractivity contribution in [3.63, 3.8) is 0 Å². The Balaban J connectivity index is 2.54. The highest BCUT2D eigenvalue weighted by Gasteiger charge is 2.18. The second kappa shape index (κ2) is 4.63. The lowest BCUT2D eigenvalue weighted by atomic mass is 9.95. The standard InChI is InChI=1S/C10H18O2/c1-3-9(6-8(2)11)10-4-5-12-7-10/h6,8,10-11H,3-5,7H2,1-2H3/b9-6+. The predicted molar refractivity (Wildman–Crippen MR) is 49.0 cm³/mol. The minimum atomic E-state index is -0.319. The fraction of sp³-hybridized carbons (Fsp3) is 0.800. The number of aliphatic hydroxyl groups excluding tert-OH is 1. The highest BCUT2D eigenvalue weighted by atomic mass is 16.5. The van der Waals surface area contributed by atoms with Gasteiger partial charge in [-0.1, -0.05) is 18.6 Å². The molecule has 0 spiro atoms. The molecule has 0 aliphatic carbocycles. The zero-order valence-corrected chi connectivity index (χ0v) is 7.92. The van der Waals surface area contributed by atoms with Crippen LogP contribution in [0.25, 0.3) is 0 Å². The van der Waals surface area contributed by atoms with Gasteiger partial charge in [0.05, 0.1) is 12.7 Å². The fourth-order valence-corrected chi connectivity index (χ4v) is 1.68. The van der Waals surface area contributed by atoms with Crippen LogP contribution in [-0.2, 0) is 4.74 Å². The van der Waals surface area contributed by atoms with E-state index in [9.17, 15) is 5.11 Å². The first-order valence-corrected chi connectivity index (χ1v) is 4.70. The third-order valence-corrected chi connectivity index (χ3v) is 2.32. The van der Waals surface area contributed by atoms with Crippen molar-refractivity contribution in [2.45, 2.75) is 32.8 Å². The largest absolute Gasteiger partial charge is 0.389 e. The van der Waals surface area contributed by atoms with E-state index in [2.05, 4.69) is 6.92 Å². The molecule has 1 aliphatic rings. The summed E-state index contributed by atoms with van der Waals surface area (Å²) in [7, 11) is 0. The SMILES string of the molecule is CC/C(=C\C(C)O)C1CCOC1. The summed E-state index contributed by atoms with van der Waals surface area (Å²) in [6, 6.07) is 0. The molecule has 0 radical (unpaired) electrons. The highest BCUT2D eigenvalue weighted by Crippen LogP contribution is 2.24. The summed E-state index contributed by atoms with van der Waals surface area (Å²) in [5, 5.41) is 9.20. The van der Waals surface area contributed by atoms with Gasteiger partial charge in [-0.25, -0.2) is 0 Å². The van der Waals surface area contributed by atoms with Gasteiger partial charge in [-0.3, -0.25) is 0 Å². The maximum Gasteiger partial charge on any atom is 0.0695 e. The molecule has 0 aromatic rings. The van der Waals surface area contributed by atoms with Crippen LogP contribution in [0.2, 0.25) is 0 Å². The van der Waals surface area contributed by atoms with Crippen molar-refractivity contribution >= 4 is 0 Å². The number of aliphatic hydroxyl groups is 1. The first-order chi connectivity index (χ1) is 5.74. The molecule has 1 heterocycles. The molecule has 1 saturated heterocycles. The molecule has 1 rings (SSSR count). The topological polar surface area (TPSA) is 29.5 Å². The Labute approximate surface area is 74.2 Å². The number of hydrogen-bond acceptors (Lipinski definition) is 2. The van der Waals surface area contributed by atoms with E-state index in [1.54, 1.807) is 6.92 Å². The molecule has 2 unspecified atom stereocenters. The summed E-state index contributed by atoms with van der Waals surface area (Å²) in [4.78, 5) is 0. The molecule has 0 bridgehead atoms. The number of hydrogen-bond donors (Lipinski definition) is 1. The molecule has 2 heteroatoms. The van der Waals surface area contributed by atoms with E-state index >= 15 is 0 Å². The Morgan fingerprint density at radius 2 is 2.50 bits per heavy atom. The third kappa shape index (κ3) is 2.61. The number of ether oxygens (including phenoxy) is 1. The fourth-order valence-electron chi connectivity index (χ4n) is 1.68. The average Bonchev–Trinajstić information content (AvgIpc) is 2.51. The van der Waals surface area contributed by atoms with Crippen LogP contribution in [0, 0.1) is 5.92 Å². The lowest BCUT2D eigenvalue weighted by Gasteiger charge is -2.12. The smallest absolute Gasteiger partial charge is 0.0695 e. The molecule has 0 aromatic heterocycles. The summed E-state index contributed by atoms with van der Waals surface area (Å²) in [5.41, 5.74) is 1.35. The zero-order valence-electron chi connectivity index (χ0n) is 7.92. The molecule has 1 aliphatic heterocycles. The van der Waals surface area contributed by atoms with Crippen LogP contribution in [0.3, 0.4) is 0 Å². The Kier molecular flexibility index (Phi) is 3.76. The van der Waals surface area contributed by atoms with Gasteiger partial charge in [-0.05, 0) is 19.8 Å². The molecule has 2 atom stereocenters. The normalized spacial score (nSPS) is 27.6. The molecule has 0 amide bonds. The van der Waals surface area contributed by atoms with Crippen LogP contribution in [-0.4, -0.2) is 24.4 Å². The van der Waals surface area contributed by atoms with Gasteiger partial charge in [0.2, 0.25) is 0 Å². The van der Waals surface area contributed by atoms with Crippen LogP contribution in [0.4, 0.5) is 0 Å². The lowest BCUT2D eigenvalue weighted by Crippen LogP contribution is -2.06. The highest BCUT2D eigenvalue weighted by molar-refractivity contribution is 5.09. The van der Waals surface area contributed by atoms with Crippen molar-refractivity contribution in [3.8, 4) is 0 Å². The molecule has 1 fully saturated rings. The van der Waals surface area contributed by atoms with Gasteiger partial charge in [-0.15, -0.1) is 0 Å². The molecule has 1 N–H and O–H groups in total. The Bertz CT molecular complexity index is 155. The van der Waals surface area contributed by atoms with E-state index in [1.165, 1.54) is 5.57 Å². The van der Waals surface area contributed by atoms with Crippen LogP contribution in [0.1, 0.15) is 26.7 Å². The van der Waals surface area contributed by atoms with Crippen molar-refractivity contribution in [2.75, 3.05) is 13.2 Å². The van der Waals surface area contributed by atoms with Crippen molar-refractivity contribution in [3.05, 3.63) is 11.6 Å². The summed E-state index contributed by atoms with van der Waals surface area (Å²) >= 11 is 0. The molecule has 0 saturated carbocycles. The van der Waals surface area contributed by atoms with E-state index in [1.807, 2.05) is 6.08 Å². The Morgan fingerprint density at radius 1 is 1.75 bits per heavy atom. The summed E-state index contributed by atoms with van der Waals surface area (Å²) in [6.07, 6.45) is 3.78. The Morgan fingerprint density at radius 3 is 2.92 bits per heavy atom. The van der Waals surface area contributed by atoms with Crippen LogP contribution < -0.4 is 0 Å². The van der Waals surface area contributed by atoms with Crippen LogP contribution in [0.5, 0.6) is 0 Å². The zero-order chi connectivity index (χ0) is 8.97. The van der Waals surface area contributed by atoms with Gasteiger partial charge in [0.25, 0.3) is 0 Å². The molecule has 70 valence electrons. The van der Waals surface area contributed by atoms with E-state index in [0.717, 1.165) is 26.1 Å². The first kappa shape index (κ1) is 9.75. The predicted octanol–water partition coefficient (Wildman–Crippen LogP) is 1.74. The van der Waals surface area contributed by atoms with Gasteiger partial charge < -0.3 is 9.84 Å². The maximum atomic E-state index is 9.20. The molecular formula is C10H18O2. The van der Waals surface area contributed by atoms with Crippen molar-refractivity contribution in [1.82, 2.24) is 0 Å². The number of rotatable bonds is 3. The van der Waals surface area contributed by atoms with Gasteiger partial charge in [-0.2, -0.15) is 0 Å². The van der Waals surface area contributed by atoms with E-state index in [0.29, 0.717) is 5.92 Å². The molecular weight excluding hydrogens is 152 g/mol. The van der Waals surface area contributed by atoms with E-state index in [-0.39, 0.29) is 6.10 Å². The lowest BCUT2D eigenvalue weighted by molar-refractivity contribution is 0.189. The minimum absolute atomic E-state index is 0.319. The second-order valence-corrected chi connectivity index (χ2v) is 3.40. The molecule has 0 aromatic carbocycles. The van der Waals surface area contributed by atoms with Crippen molar-refractivity contribution in [2.24, 2.45) is 5.92 Å². The third-order valence-electron chi connectivity index (χ3n) is 2.32. The van der Waals surface area contributed by atoms with Gasteiger partial charge in [0.1, 0.15) is 0 Å². The summed E-state index contributed by atoms with van der Waals surface area (Å²) in [6.45, 7) is 5.65. The second-order valence-electron chi connectivity index (χ2n) is 3.40. The average molecular weight is 170 g/mol. The monoisotopic (exact) mass is 170 g/mol. The minimum Gasteiger partial charge on any atom is -0.389 e. The van der Waals surface area contributed by atoms with Crippen molar-refractivity contribution in [1.29, 1.82) is 0 Å². The Hall–Kier alpha value is -0.340. The summed E-state index contributed by atoms with van der Waals surface area (Å²) in [5.74, 6) is 0.560. The van der Waals surface area contributed by atoms with Crippen molar-refractivity contribution < 1.29 is 9.84 Å². The van der Waals surface area contributed by atoms with Gasteiger partial charge in [0, 0.05) is 12.5 Å². The molecule has 12 heavy (non-hydrogen) atoms. The van der Waals surface area contributed by atoms with Crippen LogP contribution >= 0.6 is 0 Å². The van der Waals surface area contributed by atoms with E-state index < -0.39 is 0 Å². The quantitative estimate of drug-likeness (QED) is 0.654. The molecule has 2 nitrogen and oxygen atoms in total.